The van der Waals surface area contributed by atoms with E-state index in [-0.39, 0.29) is 12.6 Å². The lowest BCUT2D eigenvalue weighted by Gasteiger charge is -2.15. The van der Waals surface area contributed by atoms with E-state index in [2.05, 4.69) is 17.0 Å². The van der Waals surface area contributed by atoms with Crippen molar-refractivity contribution in [2.45, 2.75) is 12.6 Å². The Labute approximate surface area is 107 Å². The van der Waals surface area contributed by atoms with Crippen LogP contribution >= 0.6 is 0 Å². The third-order valence-electron chi connectivity index (χ3n) is 2.78. The number of aliphatic hydroxyl groups is 1. The normalized spacial score (nSPS) is 12.3. The fraction of sp³-hybridized carbons (Fsp3) is 0.214. The quantitative estimate of drug-likeness (QED) is 0.813. The Morgan fingerprint density at radius 1 is 1.39 bits per heavy atom. The summed E-state index contributed by atoms with van der Waals surface area (Å²) in [6.45, 7) is 4.37. The Kier molecular flexibility index (Phi) is 4.28. The predicted octanol–water partition coefficient (Wildman–Crippen LogP) is 1.81. The minimum Gasteiger partial charge on any atom is -0.394 e. The zero-order chi connectivity index (χ0) is 12.8. The van der Waals surface area contributed by atoms with Gasteiger partial charge in [0.15, 0.2) is 0 Å². The van der Waals surface area contributed by atoms with Gasteiger partial charge in [-0.05, 0) is 5.56 Å². The summed E-state index contributed by atoms with van der Waals surface area (Å²) in [6, 6.07) is 9.84. The highest BCUT2D eigenvalue weighted by Crippen LogP contribution is 2.12. The molecule has 0 aliphatic heterocycles. The number of nitrogens with one attached hydrogen (secondary N) is 1. The molecule has 0 aliphatic rings. The van der Waals surface area contributed by atoms with Gasteiger partial charge in [-0.15, -0.1) is 0 Å². The van der Waals surface area contributed by atoms with E-state index in [4.69, 9.17) is 0 Å². The molecule has 0 spiro atoms. The molecule has 0 bridgehead atoms. The molecule has 4 nitrogen and oxygen atoms in total. The first kappa shape index (κ1) is 12.5. The molecule has 4 heteroatoms. The minimum absolute atomic E-state index is 0.0571. The van der Waals surface area contributed by atoms with Gasteiger partial charge in [0.1, 0.15) is 0 Å². The molecule has 0 saturated carbocycles. The molecular formula is C14H17N3O. The summed E-state index contributed by atoms with van der Waals surface area (Å²) >= 11 is 0. The maximum atomic E-state index is 9.41. The first-order valence-corrected chi connectivity index (χ1v) is 5.88. The number of aromatic nitrogens is 2. The summed E-state index contributed by atoms with van der Waals surface area (Å²) in [4.78, 5) is 0. The molecule has 1 unspecified atom stereocenters. The molecule has 94 valence electrons. The average molecular weight is 243 g/mol. The van der Waals surface area contributed by atoms with Crippen molar-refractivity contribution in [2.75, 3.05) is 6.61 Å². The van der Waals surface area contributed by atoms with E-state index in [1.165, 1.54) is 0 Å². The summed E-state index contributed by atoms with van der Waals surface area (Å²) in [7, 11) is 0. The fourth-order valence-electron chi connectivity index (χ4n) is 1.78. The highest BCUT2D eigenvalue weighted by atomic mass is 16.3. The van der Waals surface area contributed by atoms with Gasteiger partial charge in [0.2, 0.25) is 0 Å². The Hall–Kier alpha value is -1.91. The summed E-state index contributed by atoms with van der Waals surface area (Å²) in [6.07, 6.45) is 5.33. The van der Waals surface area contributed by atoms with Crippen LogP contribution < -0.4 is 5.32 Å². The maximum absolute atomic E-state index is 9.41. The molecule has 0 aliphatic carbocycles. The number of hydrogen-bond donors (Lipinski definition) is 2. The molecule has 2 N–H and O–H groups in total. The van der Waals surface area contributed by atoms with Crippen molar-refractivity contribution in [3.63, 3.8) is 0 Å². The number of nitrogens with zero attached hydrogens (tertiary/aromatic N) is 2. The Bertz CT molecular complexity index is 493. The van der Waals surface area contributed by atoms with Crippen LogP contribution in [0.1, 0.15) is 17.2 Å². The van der Waals surface area contributed by atoms with Gasteiger partial charge >= 0.3 is 0 Å². The van der Waals surface area contributed by atoms with E-state index in [0.29, 0.717) is 6.54 Å². The molecule has 2 aromatic rings. The number of hydrogen-bond acceptors (Lipinski definition) is 3. The monoisotopic (exact) mass is 243 g/mol. The molecule has 1 aromatic heterocycles. The summed E-state index contributed by atoms with van der Waals surface area (Å²) in [5, 5.41) is 16.8. The minimum atomic E-state index is -0.0571. The van der Waals surface area contributed by atoms with Crippen LogP contribution in [0.4, 0.5) is 0 Å². The van der Waals surface area contributed by atoms with Gasteiger partial charge in [-0.2, -0.15) is 5.10 Å². The van der Waals surface area contributed by atoms with Gasteiger partial charge in [0.05, 0.1) is 18.8 Å². The van der Waals surface area contributed by atoms with Crippen molar-refractivity contribution in [1.82, 2.24) is 15.1 Å². The van der Waals surface area contributed by atoms with Crippen LogP contribution in [0.5, 0.6) is 0 Å². The molecule has 1 heterocycles. The van der Waals surface area contributed by atoms with Crippen molar-refractivity contribution < 1.29 is 5.11 Å². The van der Waals surface area contributed by atoms with E-state index >= 15 is 0 Å². The largest absolute Gasteiger partial charge is 0.394 e. The van der Waals surface area contributed by atoms with E-state index in [1.54, 1.807) is 17.1 Å². The first-order valence-electron chi connectivity index (χ1n) is 5.88. The third-order valence-corrected chi connectivity index (χ3v) is 2.78. The van der Waals surface area contributed by atoms with Crippen LogP contribution in [0.15, 0.2) is 49.3 Å². The standard InChI is InChI=1S/C14H17N3O/c1-2-17-10-12(9-16-17)8-15-14(11-18)13-6-4-3-5-7-13/h2-7,9-10,14-15,18H,1,8,11H2. The molecule has 0 amide bonds. The lowest BCUT2D eigenvalue weighted by atomic mass is 10.1. The average Bonchev–Trinajstić information content (AvgIpc) is 2.89. The molecule has 2 rings (SSSR count). The second-order valence-corrected chi connectivity index (χ2v) is 4.04. The fourth-order valence-corrected chi connectivity index (χ4v) is 1.78. The maximum Gasteiger partial charge on any atom is 0.0626 e. The zero-order valence-corrected chi connectivity index (χ0v) is 10.2. The van der Waals surface area contributed by atoms with Gasteiger partial charge in [-0.1, -0.05) is 36.9 Å². The Morgan fingerprint density at radius 2 is 2.17 bits per heavy atom. The highest BCUT2D eigenvalue weighted by Gasteiger charge is 2.09. The van der Waals surface area contributed by atoms with E-state index < -0.39 is 0 Å². The van der Waals surface area contributed by atoms with E-state index in [0.717, 1.165) is 11.1 Å². The predicted molar refractivity (Wildman–Crippen MR) is 71.7 cm³/mol. The topological polar surface area (TPSA) is 50.1 Å². The number of benzene rings is 1. The van der Waals surface area contributed by atoms with Gasteiger partial charge in [0.25, 0.3) is 0 Å². The lowest BCUT2D eigenvalue weighted by Crippen LogP contribution is -2.23. The second kappa shape index (κ2) is 6.14. The molecule has 1 atom stereocenters. The SMILES string of the molecule is C=Cn1cc(CNC(CO)c2ccccc2)cn1. The van der Waals surface area contributed by atoms with Crippen molar-refractivity contribution in [3.05, 3.63) is 60.4 Å². The van der Waals surface area contributed by atoms with Gasteiger partial charge in [0, 0.05) is 24.5 Å². The first-order chi connectivity index (χ1) is 8.83. The van der Waals surface area contributed by atoms with Crippen LogP contribution in [0, 0.1) is 0 Å². The Morgan fingerprint density at radius 3 is 2.78 bits per heavy atom. The van der Waals surface area contributed by atoms with Gasteiger partial charge < -0.3 is 10.4 Å². The number of aliphatic hydroxyl groups excluding tert-OH is 1. The van der Waals surface area contributed by atoms with Crippen molar-refractivity contribution in [3.8, 4) is 0 Å². The smallest absolute Gasteiger partial charge is 0.0626 e. The number of rotatable bonds is 6. The summed E-state index contributed by atoms with van der Waals surface area (Å²) in [5.41, 5.74) is 2.14. The highest BCUT2D eigenvalue weighted by molar-refractivity contribution is 5.20. The van der Waals surface area contributed by atoms with Crippen molar-refractivity contribution >= 4 is 6.20 Å². The zero-order valence-electron chi connectivity index (χ0n) is 10.2. The van der Waals surface area contributed by atoms with Crippen LogP contribution in [0.25, 0.3) is 6.20 Å². The third kappa shape index (κ3) is 3.06. The van der Waals surface area contributed by atoms with Crippen LogP contribution in [-0.2, 0) is 6.54 Å². The summed E-state index contributed by atoms with van der Waals surface area (Å²) in [5.74, 6) is 0. The molecule has 18 heavy (non-hydrogen) atoms. The lowest BCUT2D eigenvalue weighted by molar-refractivity contribution is 0.243. The van der Waals surface area contributed by atoms with E-state index in [1.807, 2.05) is 36.5 Å². The molecular weight excluding hydrogens is 226 g/mol. The second-order valence-electron chi connectivity index (χ2n) is 4.04. The molecule has 0 fully saturated rings. The molecule has 0 radical (unpaired) electrons. The van der Waals surface area contributed by atoms with Gasteiger partial charge in [-0.3, -0.25) is 0 Å². The van der Waals surface area contributed by atoms with Gasteiger partial charge in [-0.25, -0.2) is 4.68 Å². The summed E-state index contributed by atoms with van der Waals surface area (Å²) < 4.78 is 1.66. The van der Waals surface area contributed by atoms with Crippen LogP contribution in [0.3, 0.4) is 0 Å². The molecule has 0 saturated heterocycles. The van der Waals surface area contributed by atoms with Crippen molar-refractivity contribution in [2.24, 2.45) is 0 Å². The van der Waals surface area contributed by atoms with Crippen molar-refractivity contribution in [1.29, 1.82) is 0 Å². The van der Waals surface area contributed by atoms with Crippen LogP contribution in [-0.4, -0.2) is 21.5 Å². The Balaban J connectivity index is 1.97. The van der Waals surface area contributed by atoms with E-state index in [9.17, 15) is 5.11 Å². The van der Waals surface area contributed by atoms with Crippen LogP contribution in [0.2, 0.25) is 0 Å². The molecule has 1 aromatic carbocycles.